The van der Waals surface area contributed by atoms with E-state index in [4.69, 9.17) is 4.74 Å². The van der Waals surface area contributed by atoms with Crippen LogP contribution in [0.15, 0.2) is 18.2 Å². The van der Waals surface area contributed by atoms with Gasteiger partial charge in [-0.25, -0.2) is 4.98 Å². The zero-order chi connectivity index (χ0) is 15.2. The molecule has 0 saturated carbocycles. The van der Waals surface area contributed by atoms with Gasteiger partial charge in [-0.3, -0.25) is 0 Å². The van der Waals surface area contributed by atoms with Crippen LogP contribution in [0.25, 0.3) is 11.0 Å². The summed E-state index contributed by atoms with van der Waals surface area (Å²) in [5.41, 5.74) is 3.39. The van der Waals surface area contributed by atoms with Crippen LogP contribution in [-0.4, -0.2) is 59.4 Å². The molecular weight excluding hydrogens is 278 g/mol. The molecule has 5 nitrogen and oxygen atoms in total. The molecule has 0 amide bonds. The van der Waals surface area contributed by atoms with E-state index in [1.165, 1.54) is 5.56 Å². The molecule has 0 radical (unpaired) electrons. The highest BCUT2D eigenvalue weighted by Gasteiger charge is 2.49. The molecule has 0 spiro atoms. The maximum absolute atomic E-state index is 9.73. The lowest BCUT2D eigenvalue weighted by Crippen LogP contribution is -2.34. The van der Waals surface area contributed by atoms with Crippen LogP contribution in [0.4, 0.5) is 0 Å². The standard InChI is InChI=1S/C17H23N3O2/c1-12-2-3-14-15(6-12)19-16(18-14)4-5-20-7-13-8-22-11-17(13,9-20)10-21/h2-3,6,13,21H,4-5,7-11H2,1H3,(H,18,19)/t13-,17-/m0/s1. The van der Waals surface area contributed by atoms with E-state index < -0.39 is 0 Å². The molecule has 2 atom stereocenters. The third-order valence-corrected chi connectivity index (χ3v) is 5.26. The summed E-state index contributed by atoms with van der Waals surface area (Å²) in [7, 11) is 0. The highest BCUT2D eigenvalue weighted by Crippen LogP contribution is 2.40. The van der Waals surface area contributed by atoms with E-state index >= 15 is 0 Å². The Hall–Kier alpha value is -1.43. The summed E-state index contributed by atoms with van der Waals surface area (Å²) in [4.78, 5) is 10.5. The molecule has 2 N–H and O–H groups in total. The first-order chi connectivity index (χ1) is 10.7. The number of aliphatic hydroxyl groups excluding tert-OH is 1. The van der Waals surface area contributed by atoms with Gasteiger partial charge < -0.3 is 19.7 Å². The van der Waals surface area contributed by atoms with Gasteiger partial charge in [-0.15, -0.1) is 0 Å². The number of aromatic nitrogens is 2. The van der Waals surface area contributed by atoms with Gasteiger partial charge in [0.2, 0.25) is 0 Å². The molecule has 2 aliphatic heterocycles. The van der Waals surface area contributed by atoms with Crippen molar-refractivity contribution in [2.24, 2.45) is 11.3 Å². The summed E-state index contributed by atoms with van der Waals surface area (Å²) < 4.78 is 5.56. The predicted molar refractivity (Wildman–Crippen MR) is 84.8 cm³/mol. The number of hydrogen-bond acceptors (Lipinski definition) is 4. The summed E-state index contributed by atoms with van der Waals surface area (Å²) in [6, 6.07) is 6.31. The Kier molecular flexibility index (Phi) is 3.44. The Morgan fingerprint density at radius 1 is 1.50 bits per heavy atom. The molecule has 2 saturated heterocycles. The fourth-order valence-electron chi connectivity index (χ4n) is 3.90. The van der Waals surface area contributed by atoms with Crippen molar-refractivity contribution in [1.82, 2.24) is 14.9 Å². The number of benzene rings is 1. The van der Waals surface area contributed by atoms with Gasteiger partial charge in [0, 0.05) is 37.4 Å². The number of H-pyrrole nitrogens is 1. The normalized spacial score (nSPS) is 28.5. The van der Waals surface area contributed by atoms with Crippen LogP contribution in [0.1, 0.15) is 11.4 Å². The molecule has 118 valence electrons. The number of imidazole rings is 1. The van der Waals surface area contributed by atoms with E-state index in [0.717, 1.165) is 49.5 Å². The topological polar surface area (TPSA) is 61.4 Å². The number of likely N-dealkylation sites (tertiary alicyclic amines) is 1. The fourth-order valence-corrected chi connectivity index (χ4v) is 3.90. The second-order valence-electron chi connectivity index (χ2n) is 6.92. The lowest BCUT2D eigenvalue weighted by Gasteiger charge is -2.24. The van der Waals surface area contributed by atoms with Gasteiger partial charge in [0.1, 0.15) is 5.82 Å². The average molecular weight is 301 g/mol. The zero-order valence-corrected chi connectivity index (χ0v) is 13.0. The van der Waals surface area contributed by atoms with E-state index in [0.29, 0.717) is 12.5 Å². The number of fused-ring (bicyclic) bond motifs is 2. The van der Waals surface area contributed by atoms with Crippen molar-refractivity contribution in [1.29, 1.82) is 0 Å². The van der Waals surface area contributed by atoms with Crippen LogP contribution < -0.4 is 0 Å². The molecule has 4 rings (SSSR count). The van der Waals surface area contributed by atoms with E-state index in [2.05, 4.69) is 40.0 Å². The molecule has 1 aromatic carbocycles. The quantitative estimate of drug-likeness (QED) is 0.895. The molecule has 0 aliphatic carbocycles. The zero-order valence-electron chi connectivity index (χ0n) is 13.0. The third kappa shape index (κ3) is 2.33. The maximum atomic E-state index is 9.73. The predicted octanol–water partition coefficient (Wildman–Crippen LogP) is 1.35. The van der Waals surface area contributed by atoms with Gasteiger partial charge in [0.05, 0.1) is 30.9 Å². The molecule has 0 bridgehead atoms. The lowest BCUT2D eigenvalue weighted by atomic mass is 9.82. The first-order valence-electron chi connectivity index (χ1n) is 8.05. The summed E-state index contributed by atoms with van der Waals surface area (Å²) in [5, 5.41) is 9.73. The van der Waals surface area contributed by atoms with Crippen molar-refractivity contribution in [2.75, 3.05) is 39.5 Å². The van der Waals surface area contributed by atoms with Crippen molar-refractivity contribution < 1.29 is 9.84 Å². The monoisotopic (exact) mass is 301 g/mol. The molecule has 2 aromatic rings. The van der Waals surface area contributed by atoms with Crippen LogP contribution in [-0.2, 0) is 11.2 Å². The smallest absolute Gasteiger partial charge is 0.108 e. The Balaban J connectivity index is 1.42. The fraction of sp³-hybridized carbons (Fsp3) is 0.588. The van der Waals surface area contributed by atoms with Crippen molar-refractivity contribution >= 4 is 11.0 Å². The van der Waals surface area contributed by atoms with Gasteiger partial charge in [0.15, 0.2) is 0 Å². The van der Waals surface area contributed by atoms with E-state index in [9.17, 15) is 5.11 Å². The highest BCUT2D eigenvalue weighted by molar-refractivity contribution is 5.75. The number of nitrogens with one attached hydrogen (secondary N) is 1. The molecular formula is C17H23N3O2. The Morgan fingerprint density at radius 3 is 3.23 bits per heavy atom. The van der Waals surface area contributed by atoms with Crippen LogP contribution in [0.2, 0.25) is 0 Å². The minimum Gasteiger partial charge on any atom is -0.396 e. The van der Waals surface area contributed by atoms with E-state index in [1.54, 1.807) is 0 Å². The van der Waals surface area contributed by atoms with Crippen molar-refractivity contribution in [3.8, 4) is 0 Å². The minimum atomic E-state index is -0.0228. The average Bonchev–Trinajstić information content (AvgIpc) is 3.15. The first kappa shape index (κ1) is 14.2. The Morgan fingerprint density at radius 2 is 2.41 bits per heavy atom. The van der Waals surface area contributed by atoms with E-state index in [1.807, 2.05) is 0 Å². The number of ether oxygens (including phenoxy) is 1. The summed E-state index contributed by atoms with van der Waals surface area (Å²) in [5.74, 6) is 1.53. The molecule has 2 aliphatic rings. The van der Waals surface area contributed by atoms with Crippen molar-refractivity contribution in [3.05, 3.63) is 29.6 Å². The largest absolute Gasteiger partial charge is 0.396 e. The highest BCUT2D eigenvalue weighted by atomic mass is 16.5. The Labute approximate surface area is 130 Å². The number of nitrogens with zero attached hydrogens (tertiary/aromatic N) is 2. The van der Waals surface area contributed by atoms with Gasteiger partial charge in [0.25, 0.3) is 0 Å². The molecule has 22 heavy (non-hydrogen) atoms. The van der Waals surface area contributed by atoms with Crippen LogP contribution in [0.5, 0.6) is 0 Å². The molecule has 0 unspecified atom stereocenters. The van der Waals surface area contributed by atoms with Crippen molar-refractivity contribution in [2.45, 2.75) is 13.3 Å². The van der Waals surface area contributed by atoms with Gasteiger partial charge in [-0.05, 0) is 24.6 Å². The van der Waals surface area contributed by atoms with Crippen LogP contribution >= 0.6 is 0 Å². The number of aromatic amines is 1. The SMILES string of the molecule is Cc1ccc2nc(CCN3C[C@H]4COC[C@@]4(CO)C3)[nH]c2c1. The molecule has 5 heteroatoms. The number of rotatable bonds is 4. The summed E-state index contributed by atoms with van der Waals surface area (Å²) >= 11 is 0. The lowest BCUT2D eigenvalue weighted by molar-refractivity contribution is 0.0815. The number of aliphatic hydroxyl groups is 1. The minimum absolute atomic E-state index is 0.0228. The number of hydrogen-bond donors (Lipinski definition) is 2. The molecule has 1 aromatic heterocycles. The maximum Gasteiger partial charge on any atom is 0.108 e. The van der Waals surface area contributed by atoms with Crippen LogP contribution in [0, 0.1) is 18.3 Å². The van der Waals surface area contributed by atoms with Gasteiger partial charge >= 0.3 is 0 Å². The van der Waals surface area contributed by atoms with E-state index in [-0.39, 0.29) is 12.0 Å². The molecule has 2 fully saturated rings. The number of aryl methyl sites for hydroxylation is 1. The van der Waals surface area contributed by atoms with Gasteiger partial charge in [-0.2, -0.15) is 0 Å². The van der Waals surface area contributed by atoms with Crippen molar-refractivity contribution in [3.63, 3.8) is 0 Å². The second-order valence-corrected chi connectivity index (χ2v) is 6.92. The summed E-state index contributed by atoms with van der Waals surface area (Å²) in [6.45, 7) is 6.78. The second kappa shape index (κ2) is 5.33. The third-order valence-electron chi connectivity index (χ3n) is 5.26. The summed E-state index contributed by atoms with van der Waals surface area (Å²) in [6.07, 6.45) is 0.919. The first-order valence-corrected chi connectivity index (χ1v) is 8.05. The Bertz CT molecular complexity index is 684. The molecule has 3 heterocycles. The van der Waals surface area contributed by atoms with Crippen LogP contribution in [0.3, 0.4) is 0 Å². The van der Waals surface area contributed by atoms with Gasteiger partial charge in [-0.1, -0.05) is 6.07 Å².